The van der Waals surface area contributed by atoms with Gasteiger partial charge in [0.05, 0.1) is 19.3 Å². The highest BCUT2D eigenvalue weighted by Crippen LogP contribution is 2.12. The predicted octanol–water partition coefficient (Wildman–Crippen LogP) is 0.990. The fourth-order valence-electron chi connectivity index (χ4n) is 1.56. The highest BCUT2D eigenvalue weighted by molar-refractivity contribution is 4.73. The first-order valence-electron chi connectivity index (χ1n) is 5.07. The maximum atomic E-state index is 5.67. The van der Waals surface area contributed by atoms with E-state index in [2.05, 4.69) is 18.7 Å². The standard InChI is InChI=1S/C10H21NO2/c1-9(2)10-8-11(4-6-12-3)5-7-13-10/h9-10H,4-8H2,1-3H3. The van der Waals surface area contributed by atoms with Crippen LogP contribution in [-0.4, -0.2) is 51.0 Å². The molecule has 1 aliphatic rings. The molecule has 13 heavy (non-hydrogen) atoms. The summed E-state index contributed by atoms with van der Waals surface area (Å²) in [5.74, 6) is 0.616. The van der Waals surface area contributed by atoms with Gasteiger partial charge in [-0.2, -0.15) is 0 Å². The van der Waals surface area contributed by atoms with Crippen molar-refractivity contribution in [2.75, 3.05) is 40.0 Å². The number of rotatable bonds is 4. The molecule has 78 valence electrons. The molecule has 0 bridgehead atoms. The third-order valence-corrected chi connectivity index (χ3v) is 2.53. The van der Waals surface area contributed by atoms with E-state index in [0.29, 0.717) is 12.0 Å². The Morgan fingerprint density at radius 1 is 1.54 bits per heavy atom. The van der Waals surface area contributed by atoms with Crippen molar-refractivity contribution in [3.8, 4) is 0 Å². The van der Waals surface area contributed by atoms with Crippen LogP contribution in [0.2, 0.25) is 0 Å². The summed E-state index contributed by atoms with van der Waals surface area (Å²) in [6.07, 6.45) is 0.408. The lowest BCUT2D eigenvalue weighted by atomic mass is 10.1. The minimum atomic E-state index is 0.408. The van der Waals surface area contributed by atoms with Crippen molar-refractivity contribution in [3.05, 3.63) is 0 Å². The lowest BCUT2D eigenvalue weighted by Gasteiger charge is -2.34. The van der Waals surface area contributed by atoms with Crippen LogP contribution in [0.25, 0.3) is 0 Å². The summed E-state index contributed by atoms with van der Waals surface area (Å²) in [4.78, 5) is 2.41. The topological polar surface area (TPSA) is 21.7 Å². The molecule has 1 rings (SSSR count). The summed E-state index contributed by atoms with van der Waals surface area (Å²) in [5, 5.41) is 0. The van der Waals surface area contributed by atoms with E-state index >= 15 is 0 Å². The molecule has 1 saturated heterocycles. The van der Waals surface area contributed by atoms with Crippen molar-refractivity contribution in [1.29, 1.82) is 0 Å². The van der Waals surface area contributed by atoms with Gasteiger partial charge in [0.2, 0.25) is 0 Å². The first kappa shape index (κ1) is 11.0. The van der Waals surface area contributed by atoms with Gasteiger partial charge in [0.25, 0.3) is 0 Å². The van der Waals surface area contributed by atoms with Crippen molar-refractivity contribution in [1.82, 2.24) is 4.90 Å². The Morgan fingerprint density at radius 2 is 2.31 bits per heavy atom. The van der Waals surface area contributed by atoms with Gasteiger partial charge in [0.15, 0.2) is 0 Å². The van der Waals surface area contributed by atoms with E-state index in [0.717, 1.165) is 32.8 Å². The maximum Gasteiger partial charge on any atom is 0.0725 e. The molecule has 0 aromatic heterocycles. The van der Waals surface area contributed by atoms with Crippen molar-refractivity contribution in [3.63, 3.8) is 0 Å². The lowest BCUT2D eigenvalue weighted by Crippen LogP contribution is -2.45. The zero-order valence-corrected chi connectivity index (χ0v) is 8.95. The Morgan fingerprint density at radius 3 is 2.92 bits per heavy atom. The molecule has 0 amide bonds. The van der Waals surface area contributed by atoms with Gasteiger partial charge in [-0.25, -0.2) is 0 Å². The summed E-state index contributed by atoms with van der Waals surface area (Å²) in [5.41, 5.74) is 0. The Kier molecular flexibility index (Phi) is 4.70. The maximum absolute atomic E-state index is 5.67. The molecule has 3 heteroatoms. The molecule has 0 N–H and O–H groups in total. The van der Waals surface area contributed by atoms with E-state index in [4.69, 9.17) is 9.47 Å². The molecular formula is C10H21NO2. The Bertz CT molecular complexity index is 139. The van der Waals surface area contributed by atoms with Crippen LogP contribution in [0.3, 0.4) is 0 Å². The van der Waals surface area contributed by atoms with Crippen LogP contribution in [0.1, 0.15) is 13.8 Å². The number of methoxy groups -OCH3 is 1. The molecule has 0 radical (unpaired) electrons. The van der Waals surface area contributed by atoms with Crippen molar-refractivity contribution < 1.29 is 9.47 Å². The Balaban J connectivity index is 2.25. The second-order valence-corrected chi connectivity index (χ2v) is 3.95. The number of nitrogens with zero attached hydrogens (tertiary/aromatic N) is 1. The fraction of sp³-hybridized carbons (Fsp3) is 1.00. The monoisotopic (exact) mass is 187 g/mol. The van der Waals surface area contributed by atoms with Crippen LogP contribution in [0.4, 0.5) is 0 Å². The van der Waals surface area contributed by atoms with Gasteiger partial charge in [0, 0.05) is 26.7 Å². The minimum absolute atomic E-state index is 0.408. The second kappa shape index (κ2) is 5.58. The normalized spacial score (nSPS) is 25.4. The van der Waals surface area contributed by atoms with E-state index in [9.17, 15) is 0 Å². The highest BCUT2D eigenvalue weighted by atomic mass is 16.5. The summed E-state index contributed by atoms with van der Waals surface area (Å²) in [7, 11) is 1.75. The molecule has 1 unspecified atom stereocenters. The largest absolute Gasteiger partial charge is 0.383 e. The molecule has 0 aromatic rings. The average Bonchev–Trinajstić information content (AvgIpc) is 2.15. The van der Waals surface area contributed by atoms with E-state index in [1.54, 1.807) is 7.11 Å². The first-order chi connectivity index (χ1) is 6.24. The van der Waals surface area contributed by atoms with Crippen molar-refractivity contribution >= 4 is 0 Å². The second-order valence-electron chi connectivity index (χ2n) is 3.95. The van der Waals surface area contributed by atoms with E-state index in [1.807, 2.05) is 0 Å². The third kappa shape index (κ3) is 3.63. The molecule has 1 aliphatic heterocycles. The predicted molar refractivity (Wildman–Crippen MR) is 52.9 cm³/mol. The van der Waals surface area contributed by atoms with Crippen LogP contribution in [0.5, 0.6) is 0 Å². The van der Waals surface area contributed by atoms with Crippen molar-refractivity contribution in [2.24, 2.45) is 5.92 Å². The summed E-state index contributed by atoms with van der Waals surface area (Å²) >= 11 is 0. The van der Waals surface area contributed by atoms with Crippen LogP contribution in [-0.2, 0) is 9.47 Å². The average molecular weight is 187 g/mol. The minimum Gasteiger partial charge on any atom is -0.383 e. The van der Waals surface area contributed by atoms with Gasteiger partial charge >= 0.3 is 0 Å². The van der Waals surface area contributed by atoms with Crippen molar-refractivity contribution in [2.45, 2.75) is 20.0 Å². The number of hydrogen-bond acceptors (Lipinski definition) is 3. The lowest BCUT2D eigenvalue weighted by molar-refractivity contribution is -0.0547. The van der Waals surface area contributed by atoms with Gasteiger partial charge in [-0.1, -0.05) is 13.8 Å². The van der Waals surface area contributed by atoms with Crippen LogP contribution >= 0.6 is 0 Å². The van der Waals surface area contributed by atoms with Gasteiger partial charge in [-0.15, -0.1) is 0 Å². The fourth-order valence-corrected chi connectivity index (χ4v) is 1.56. The quantitative estimate of drug-likeness (QED) is 0.655. The molecule has 0 spiro atoms. The molecule has 0 aromatic carbocycles. The molecular weight excluding hydrogens is 166 g/mol. The molecule has 0 saturated carbocycles. The summed E-state index contributed by atoms with van der Waals surface area (Å²) in [6, 6.07) is 0. The van der Waals surface area contributed by atoms with Gasteiger partial charge in [-0.05, 0) is 5.92 Å². The first-order valence-corrected chi connectivity index (χ1v) is 5.07. The van der Waals surface area contributed by atoms with Gasteiger partial charge < -0.3 is 9.47 Å². The SMILES string of the molecule is COCCN1CCOC(C(C)C)C1. The number of morpholine rings is 1. The Labute approximate surface area is 81.0 Å². The van der Waals surface area contributed by atoms with Crippen LogP contribution in [0.15, 0.2) is 0 Å². The molecule has 3 nitrogen and oxygen atoms in total. The smallest absolute Gasteiger partial charge is 0.0725 e. The zero-order valence-electron chi connectivity index (χ0n) is 8.95. The number of hydrogen-bond donors (Lipinski definition) is 0. The highest BCUT2D eigenvalue weighted by Gasteiger charge is 2.22. The van der Waals surface area contributed by atoms with E-state index in [-0.39, 0.29) is 0 Å². The number of ether oxygens (including phenoxy) is 2. The molecule has 1 atom stereocenters. The van der Waals surface area contributed by atoms with E-state index < -0.39 is 0 Å². The summed E-state index contributed by atoms with van der Waals surface area (Å²) < 4.78 is 10.7. The van der Waals surface area contributed by atoms with E-state index in [1.165, 1.54) is 0 Å². The Hall–Kier alpha value is -0.120. The van der Waals surface area contributed by atoms with Gasteiger partial charge in [-0.3, -0.25) is 4.90 Å². The summed E-state index contributed by atoms with van der Waals surface area (Å²) in [6.45, 7) is 9.25. The molecule has 1 heterocycles. The van der Waals surface area contributed by atoms with Gasteiger partial charge in [0.1, 0.15) is 0 Å². The molecule has 1 fully saturated rings. The third-order valence-electron chi connectivity index (χ3n) is 2.53. The van der Waals surface area contributed by atoms with Crippen LogP contribution < -0.4 is 0 Å². The van der Waals surface area contributed by atoms with Crippen LogP contribution in [0, 0.1) is 5.92 Å². The zero-order chi connectivity index (χ0) is 9.68. The molecule has 0 aliphatic carbocycles.